The molecule has 26 heavy (non-hydrogen) atoms. The lowest BCUT2D eigenvalue weighted by Crippen LogP contribution is -2.16. The van der Waals surface area contributed by atoms with Crippen molar-refractivity contribution in [3.05, 3.63) is 53.1 Å². The summed E-state index contributed by atoms with van der Waals surface area (Å²) in [5.41, 5.74) is 4.11. The average molecular weight is 355 g/mol. The van der Waals surface area contributed by atoms with Crippen LogP contribution in [0.3, 0.4) is 0 Å². The van der Waals surface area contributed by atoms with Crippen molar-refractivity contribution in [2.45, 2.75) is 46.0 Å². The van der Waals surface area contributed by atoms with Crippen LogP contribution in [0, 0.1) is 0 Å². The number of ether oxygens (including phenoxy) is 2. The lowest BCUT2D eigenvalue weighted by atomic mass is 9.94. The monoisotopic (exact) mass is 355 g/mol. The van der Waals surface area contributed by atoms with Gasteiger partial charge in [-0.3, -0.25) is 4.79 Å². The number of carbonyl (C=O) groups is 1. The van der Waals surface area contributed by atoms with Gasteiger partial charge in [0.15, 0.2) is 0 Å². The number of carbonyl (C=O) groups excluding carboxylic acids is 1. The maximum Gasteiger partial charge on any atom is 0.228 e. The highest BCUT2D eigenvalue weighted by atomic mass is 16.5. The van der Waals surface area contributed by atoms with Crippen LogP contribution in [-0.2, 0) is 11.2 Å². The van der Waals surface area contributed by atoms with Crippen molar-refractivity contribution in [1.29, 1.82) is 0 Å². The fourth-order valence-corrected chi connectivity index (χ4v) is 2.92. The van der Waals surface area contributed by atoms with Gasteiger partial charge in [0, 0.05) is 11.3 Å². The fourth-order valence-electron chi connectivity index (χ4n) is 2.92. The Bertz CT molecular complexity index is 766. The third-order valence-corrected chi connectivity index (χ3v) is 4.48. The summed E-state index contributed by atoms with van der Waals surface area (Å²) >= 11 is 0. The molecule has 0 aliphatic heterocycles. The van der Waals surface area contributed by atoms with E-state index in [1.165, 1.54) is 5.56 Å². The molecule has 0 saturated carbocycles. The van der Waals surface area contributed by atoms with Crippen molar-refractivity contribution in [3.63, 3.8) is 0 Å². The van der Waals surface area contributed by atoms with E-state index in [0.717, 1.165) is 16.8 Å². The molecule has 140 valence electrons. The largest absolute Gasteiger partial charge is 0.497 e. The molecule has 0 heterocycles. The molecule has 2 aromatic carbocycles. The predicted molar refractivity (Wildman–Crippen MR) is 106 cm³/mol. The van der Waals surface area contributed by atoms with Gasteiger partial charge in [0.25, 0.3) is 0 Å². The van der Waals surface area contributed by atoms with Gasteiger partial charge in [-0.1, -0.05) is 39.8 Å². The molecule has 2 rings (SSSR count). The van der Waals surface area contributed by atoms with Gasteiger partial charge in [-0.2, -0.15) is 0 Å². The Morgan fingerprint density at radius 2 is 1.69 bits per heavy atom. The quantitative estimate of drug-likeness (QED) is 0.749. The minimum Gasteiger partial charge on any atom is -0.497 e. The highest BCUT2D eigenvalue weighted by Gasteiger charge is 2.14. The van der Waals surface area contributed by atoms with Crippen LogP contribution in [0.25, 0.3) is 0 Å². The zero-order valence-corrected chi connectivity index (χ0v) is 16.6. The maximum atomic E-state index is 12.6. The van der Waals surface area contributed by atoms with Gasteiger partial charge >= 0.3 is 0 Å². The standard InChI is InChI=1S/C22H29NO3/c1-14(2)16-7-9-20(19(12-16)15(3)4)23-22(24)13-17-11-18(25-5)8-10-21(17)26-6/h7-12,14-15H,13H2,1-6H3,(H,23,24). The SMILES string of the molecule is COc1ccc(OC)c(CC(=O)Nc2ccc(C(C)C)cc2C(C)C)c1. The minimum atomic E-state index is -0.0734. The van der Waals surface area contributed by atoms with Gasteiger partial charge in [-0.05, 0) is 47.2 Å². The second-order valence-corrected chi connectivity index (χ2v) is 7.06. The number of benzene rings is 2. The van der Waals surface area contributed by atoms with E-state index in [-0.39, 0.29) is 12.3 Å². The smallest absolute Gasteiger partial charge is 0.228 e. The Morgan fingerprint density at radius 3 is 2.27 bits per heavy atom. The molecule has 1 N–H and O–H groups in total. The first-order chi connectivity index (χ1) is 12.3. The Balaban J connectivity index is 2.23. The summed E-state index contributed by atoms with van der Waals surface area (Å²) in [7, 11) is 3.21. The van der Waals surface area contributed by atoms with Gasteiger partial charge in [-0.15, -0.1) is 0 Å². The highest BCUT2D eigenvalue weighted by Crippen LogP contribution is 2.29. The first-order valence-corrected chi connectivity index (χ1v) is 9.00. The van der Waals surface area contributed by atoms with E-state index in [4.69, 9.17) is 9.47 Å². The van der Waals surface area contributed by atoms with Crippen molar-refractivity contribution in [2.24, 2.45) is 0 Å². The van der Waals surface area contributed by atoms with Crippen molar-refractivity contribution in [1.82, 2.24) is 0 Å². The summed E-state index contributed by atoms with van der Waals surface area (Å²) in [5.74, 6) is 2.10. The second-order valence-electron chi connectivity index (χ2n) is 7.06. The Labute approximate surface area is 156 Å². The minimum absolute atomic E-state index is 0.0734. The third-order valence-electron chi connectivity index (χ3n) is 4.48. The number of methoxy groups -OCH3 is 2. The number of anilines is 1. The van der Waals surface area contributed by atoms with E-state index in [0.29, 0.717) is 23.3 Å². The summed E-state index contributed by atoms with van der Waals surface area (Å²) in [4.78, 5) is 12.6. The van der Waals surface area contributed by atoms with Crippen LogP contribution in [-0.4, -0.2) is 20.1 Å². The number of rotatable bonds is 7. The molecule has 0 aliphatic rings. The van der Waals surface area contributed by atoms with Crippen molar-refractivity contribution in [3.8, 4) is 11.5 Å². The van der Waals surface area contributed by atoms with E-state index < -0.39 is 0 Å². The van der Waals surface area contributed by atoms with E-state index >= 15 is 0 Å². The average Bonchev–Trinajstić information content (AvgIpc) is 2.61. The molecule has 0 unspecified atom stereocenters. The van der Waals surface area contributed by atoms with E-state index in [1.807, 2.05) is 24.3 Å². The van der Waals surface area contributed by atoms with Crippen LogP contribution in [0.15, 0.2) is 36.4 Å². The fraction of sp³-hybridized carbons (Fsp3) is 0.409. The lowest BCUT2D eigenvalue weighted by molar-refractivity contribution is -0.115. The van der Waals surface area contributed by atoms with Crippen LogP contribution in [0.1, 0.15) is 56.2 Å². The summed E-state index contributed by atoms with van der Waals surface area (Å²) in [6.07, 6.45) is 0.226. The molecule has 4 heteroatoms. The first kappa shape index (κ1) is 19.8. The van der Waals surface area contributed by atoms with E-state index in [2.05, 4.69) is 45.1 Å². The summed E-state index contributed by atoms with van der Waals surface area (Å²) in [5, 5.41) is 3.06. The summed E-state index contributed by atoms with van der Waals surface area (Å²) in [6.45, 7) is 8.62. The van der Waals surface area contributed by atoms with E-state index in [1.54, 1.807) is 14.2 Å². The van der Waals surface area contributed by atoms with Gasteiger partial charge in [-0.25, -0.2) is 0 Å². The van der Waals surface area contributed by atoms with Crippen LogP contribution in [0.2, 0.25) is 0 Å². The van der Waals surface area contributed by atoms with Gasteiger partial charge in [0.1, 0.15) is 11.5 Å². The second kappa shape index (κ2) is 8.75. The highest BCUT2D eigenvalue weighted by molar-refractivity contribution is 5.93. The third kappa shape index (κ3) is 4.78. The number of hydrogen-bond acceptors (Lipinski definition) is 3. The lowest BCUT2D eigenvalue weighted by Gasteiger charge is -2.17. The molecule has 0 aliphatic carbocycles. The molecule has 0 saturated heterocycles. The Kier molecular flexibility index (Phi) is 6.67. The predicted octanol–water partition coefficient (Wildman–Crippen LogP) is 5.13. The molecular formula is C22H29NO3. The molecule has 1 amide bonds. The van der Waals surface area contributed by atoms with Crippen LogP contribution in [0.4, 0.5) is 5.69 Å². The Hall–Kier alpha value is -2.49. The molecule has 0 aromatic heterocycles. The van der Waals surface area contributed by atoms with Gasteiger partial charge < -0.3 is 14.8 Å². The molecule has 4 nitrogen and oxygen atoms in total. The molecule has 0 fully saturated rings. The van der Waals surface area contributed by atoms with Crippen molar-refractivity contribution in [2.75, 3.05) is 19.5 Å². The molecule has 0 radical (unpaired) electrons. The van der Waals surface area contributed by atoms with Crippen LogP contribution >= 0.6 is 0 Å². The molecule has 0 spiro atoms. The van der Waals surface area contributed by atoms with Crippen molar-refractivity contribution >= 4 is 11.6 Å². The zero-order chi connectivity index (χ0) is 19.3. The van der Waals surface area contributed by atoms with Gasteiger partial charge in [0.2, 0.25) is 5.91 Å². The van der Waals surface area contributed by atoms with Crippen molar-refractivity contribution < 1.29 is 14.3 Å². The normalized spacial score (nSPS) is 10.9. The van der Waals surface area contributed by atoms with E-state index in [9.17, 15) is 4.79 Å². The van der Waals surface area contributed by atoms with Gasteiger partial charge in [0.05, 0.1) is 20.6 Å². The molecule has 0 atom stereocenters. The molecule has 0 bridgehead atoms. The van der Waals surface area contributed by atoms with Crippen LogP contribution < -0.4 is 14.8 Å². The topological polar surface area (TPSA) is 47.6 Å². The summed E-state index contributed by atoms with van der Waals surface area (Å²) in [6, 6.07) is 11.8. The zero-order valence-electron chi connectivity index (χ0n) is 16.6. The number of amides is 1. The van der Waals surface area contributed by atoms with Crippen LogP contribution in [0.5, 0.6) is 11.5 Å². The maximum absolute atomic E-state index is 12.6. The Morgan fingerprint density at radius 1 is 0.962 bits per heavy atom. The number of nitrogens with one attached hydrogen (secondary N) is 1. The number of hydrogen-bond donors (Lipinski definition) is 1. The first-order valence-electron chi connectivity index (χ1n) is 9.00. The summed E-state index contributed by atoms with van der Waals surface area (Å²) < 4.78 is 10.6. The molecular weight excluding hydrogens is 326 g/mol. The molecule has 2 aromatic rings.